The van der Waals surface area contributed by atoms with Crippen LogP contribution in [0.3, 0.4) is 0 Å². The molecule has 0 fully saturated rings. The van der Waals surface area contributed by atoms with Gasteiger partial charge < -0.3 is 19.7 Å². The van der Waals surface area contributed by atoms with Crippen molar-refractivity contribution in [3.8, 4) is 11.5 Å². The second-order valence-corrected chi connectivity index (χ2v) is 11.9. The first kappa shape index (κ1) is 28.2. The molecule has 0 heterocycles. The number of nitrogens with one attached hydrogen (secondary N) is 1. The second kappa shape index (κ2) is 13.3. The van der Waals surface area contributed by atoms with E-state index in [0.29, 0.717) is 41.5 Å². The van der Waals surface area contributed by atoms with Crippen LogP contribution in [0.4, 0.5) is 5.69 Å². The van der Waals surface area contributed by atoms with E-state index in [0.717, 1.165) is 11.3 Å². The van der Waals surface area contributed by atoms with Gasteiger partial charge in [0.05, 0.1) is 23.3 Å². The van der Waals surface area contributed by atoms with Crippen LogP contribution in [0, 0.1) is 5.92 Å². The summed E-state index contributed by atoms with van der Waals surface area (Å²) in [7, 11) is -3.36. The van der Waals surface area contributed by atoms with Crippen molar-refractivity contribution in [1.82, 2.24) is 0 Å². The first-order valence-electron chi connectivity index (χ1n) is 13.0. The molecule has 0 spiro atoms. The number of anilines is 1. The van der Waals surface area contributed by atoms with E-state index < -0.39 is 13.5 Å². The van der Waals surface area contributed by atoms with Crippen molar-refractivity contribution in [2.24, 2.45) is 5.92 Å². The Morgan fingerprint density at radius 1 is 0.795 bits per heavy atom. The summed E-state index contributed by atoms with van der Waals surface area (Å²) in [6.07, 6.45) is 0.530. The van der Waals surface area contributed by atoms with Gasteiger partial charge in [0.1, 0.15) is 11.5 Å². The number of ether oxygens (including phenoxy) is 1. The molecule has 2 N–H and O–H groups in total. The fourth-order valence-electron chi connectivity index (χ4n) is 4.02. The van der Waals surface area contributed by atoms with Gasteiger partial charge in [0.2, 0.25) is 5.91 Å². The summed E-state index contributed by atoms with van der Waals surface area (Å²) >= 11 is 0. The van der Waals surface area contributed by atoms with Crippen LogP contribution < -0.4 is 25.2 Å². The van der Waals surface area contributed by atoms with Crippen LogP contribution in [0.15, 0.2) is 109 Å². The number of rotatable bonds is 12. The largest absolute Gasteiger partial charge is 0.493 e. The second-order valence-electron chi connectivity index (χ2n) is 9.59. The Morgan fingerprint density at radius 3 is 1.87 bits per heavy atom. The lowest BCUT2D eigenvalue weighted by Crippen LogP contribution is -2.20. The molecular formula is C32H34NO5P. The van der Waals surface area contributed by atoms with Gasteiger partial charge in [-0.15, -0.1) is 0 Å². The molecule has 1 amide bonds. The number of aliphatic hydroxyl groups excluding tert-OH is 1. The van der Waals surface area contributed by atoms with E-state index in [-0.39, 0.29) is 11.8 Å². The molecular weight excluding hydrogens is 509 g/mol. The summed E-state index contributed by atoms with van der Waals surface area (Å²) in [5.74, 6) is 1.29. The lowest BCUT2D eigenvalue weighted by atomic mass is 10.1. The molecule has 0 bridgehead atoms. The fraction of sp³-hybridized carbons (Fsp3) is 0.219. The van der Waals surface area contributed by atoms with E-state index in [1.807, 2.05) is 91.9 Å². The zero-order valence-corrected chi connectivity index (χ0v) is 23.1. The molecule has 0 saturated heterocycles. The number of carbonyl (C=O) groups is 1. The topological polar surface area (TPSA) is 84.9 Å². The van der Waals surface area contributed by atoms with Crippen molar-refractivity contribution in [2.75, 3.05) is 11.9 Å². The average Bonchev–Trinajstić information content (AvgIpc) is 2.97. The van der Waals surface area contributed by atoms with Gasteiger partial charge in [-0.3, -0.25) is 9.36 Å². The van der Waals surface area contributed by atoms with Crippen molar-refractivity contribution in [3.63, 3.8) is 0 Å². The average molecular weight is 544 g/mol. The first-order chi connectivity index (χ1) is 18.8. The highest BCUT2D eigenvalue weighted by molar-refractivity contribution is 7.74. The molecule has 4 rings (SSSR count). The van der Waals surface area contributed by atoms with Gasteiger partial charge in [0, 0.05) is 12.1 Å². The molecule has 0 aromatic heterocycles. The summed E-state index contributed by atoms with van der Waals surface area (Å²) in [5, 5.41) is 13.8. The predicted octanol–water partition coefficient (Wildman–Crippen LogP) is 6.48. The third kappa shape index (κ3) is 7.82. The van der Waals surface area contributed by atoms with E-state index in [1.54, 1.807) is 31.2 Å². The number of benzene rings is 4. The van der Waals surface area contributed by atoms with Crippen LogP contribution >= 0.6 is 7.37 Å². The highest BCUT2D eigenvalue weighted by atomic mass is 31.2. The molecule has 39 heavy (non-hydrogen) atoms. The number of amides is 1. The SMILES string of the molecule is CC(CCC(=O)Nc1ccc(OP(=O)(c2ccccc2)c2ccccc2)cc1)COc1ccc(C(C)O)cc1. The quantitative estimate of drug-likeness (QED) is 0.200. The van der Waals surface area contributed by atoms with Crippen molar-refractivity contribution in [1.29, 1.82) is 0 Å². The summed E-state index contributed by atoms with van der Waals surface area (Å²) in [6.45, 7) is 4.26. The maximum absolute atomic E-state index is 14.1. The van der Waals surface area contributed by atoms with Gasteiger partial charge in [-0.1, -0.05) is 55.5 Å². The van der Waals surface area contributed by atoms with Gasteiger partial charge in [-0.25, -0.2) is 0 Å². The third-order valence-corrected chi connectivity index (χ3v) is 8.75. The predicted molar refractivity (Wildman–Crippen MR) is 156 cm³/mol. The highest BCUT2D eigenvalue weighted by Crippen LogP contribution is 2.45. The Labute approximate surface area is 230 Å². The van der Waals surface area contributed by atoms with Crippen molar-refractivity contribution >= 4 is 29.6 Å². The van der Waals surface area contributed by atoms with E-state index in [1.165, 1.54) is 0 Å². The van der Waals surface area contributed by atoms with Crippen molar-refractivity contribution < 1.29 is 23.7 Å². The van der Waals surface area contributed by atoms with Crippen LogP contribution in [0.5, 0.6) is 11.5 Å². The molecule has 2 unspecified atom stereocenters. The zero-order valence-electron chi connectivity index (χ0n) is 22.2. The van der Waals surface area contributed by atoms with Crippen LogP contribution in [-0.2, 0) is 9.36 Å². The maximum Gasteiger partial charge on any atom is 0.306 e. The Hall–Kier alpha value is -3.86. The number of aliphatic hydroxyl groups is 1. The van der Waals surface area contributed by atoms with Gasteiger partial charge >= 0.3 is 7.37 Å². The summed E-state index contributed by atoms with van der Waals surface area (Å²) in [5.41, 5.74) is 1.48. The van der Waals surface area contributed by atoms with E-state index in [4.69, 9.17) is 9.26 Å². The monoisotopic (exact) mass is 543 g/mol. The van der Waals surface area contributed by atoms with Crippen LogP contribution in [0.1, 0.15) is 38.4 Å². The highest BCUT2D eigenvalue weighted by Gasteiger charge is 2.29. The number of hydrogen-bond donors (Lipinski definition) is 2. The maximum atomic E-state index is 14.1. The van der Waals surface area contributed by atoms with Crippen LogP contribution in [-0.4, -0.2) is 17.6 Å². The molecule has 202 valence electrons. The molecule has 2 atom stereocenters. The van der Waals surface area contributed by atoms with Crippen LogP contribution in [0.25, 0.3) is 0 Å². The molecule has 0 aliphatic carbocycles. The number of hydrogen-bond acceptors (Lipinski definition) is 5. The minimum Gasteiger partial charge on any atom is -0.493 e. The van der Waals surface area contributed by atoms with Crippen molar-refractivity contribution in [2.45, 2.75) is 32.8 Å². The Balaban J connectivity index is 1.29. The standard InChI is InChI=1S/C32H34NO5P/c1-24(23-37-28-18-14-26(15-19-28)25(2)34)13-22-32(35)33-27-16-20-29(21-17-27)38-39(36,30-9-5-3-6-10-30)31-11-7-4-8-12-31/h3-12,14-21,24-25,34H,13,22-23H2,1-2H3,(H,33,35). The normalized spacial score (nSPS) is 12.8. The first-order valence-corrected chi connectivity index (χ1v) is 14.7. The summed E-state index contributed by atoms with van der Waals surface area (Å²) in [6, 6.07) is 32.6. The van der Waals surface area contributed by atoms with E-state index in [2.05, 4.69) is 5.32 Å². The molecule has 7 heteroatoms. The number of carbonyl (C=O) groups excluding carboxylic acids is 1. The van der Waals surface area contributed by atoms with Crippen LogP contribution in [0.2, 0.25) is 0 Å². The zero-order chi connectivity index (χ0) is 27.7. The molecule has 0 aliphatic rings. The Kier molecular flexibility index (Phi) is 9.59. The van der Waals surface area contributed by atoms with Crippen molar-refractivity contribution in [3.05, 3.63) is 115 Å². The van der Waals surface area contributed by atoms with Gasteiger partial charge in [0.15, 0.2) is 0 Å². The molecule has 6 nitrogen and oxygen atoms in total. The molecule has 4 aromatic rings. The Bertz CT molecular complexity index is 1330. The smallest absolute Gasteiger partial charge is 0.306 e. The minimum atomic E-state index is -3.36. The molecule has 0 radical (unpaired) electrons. The summed E-state index contributed by atoms with van der Waals surface area (Å²) < 4.78 is 26.0. The molecule has 4 aromatic carbocycles. The minimum absolute atomic E-state index is 0.0870. The van der Waals surface area contributed by atoms with Gasteiger partial charge in [0.25, 0.3) is 0 Å². The lowest BCUT2D eigenvalue weighted by Gasteiger charge is -2.20. The fourth-order valence-corrected chi connectivity index (χ4v) is 6.07. The van der Waals surface area contributed by atoms with Gasteiger partial charge in [-0.2, -0.15) is 0 Å². The lowest BCUT2D eigenvalue weighted by molar-refractivity contribution is -0.116. The molecule has 0 aliphatic heterocycles. The Morgan fingerprint density at radius 2 is 1.33 bits per heavy atom. The third-order valence-electron chi connectivity index (χ3n) is 6.33. The van der Waals surface area contributed by atoms with E-state index in [9.17, 15) is 14.5 Å². The molecule has 0 saturated carbocycles. The van der Waals surface area contributed by atoms with E-state index >= 15 is 0 Å². The summed E-state index contributed by atoms with van der Waals surface area (Å²) in [4.78, 5) is 12.5. The van der Waals surface area contributed by atoms with Gasteiger partial charge in [-0.05, 0) is 85.5 Å².